The summed E-state index contributed by atoms with van der Waals surface area (Å²) in [6.07, 6.45) is 8.87. The highest BCUT2D eigenvalue weighted by Crippen LogP contribution is 2.32. The maximum absolute atomic E-state index is 10.2. The first-order valence-electron chi connectivity index (χ1n) is 7.62. The first kappa shape index (κ1) is 13.4. The zero-order valence-corrected chi connectivity index (χ0v) is 11.6. The summed E-state index contributed by atoms with van der Waals surface area (Å²) < 4.78 is 0. The van der Waals surface area contributed by atoms with Crippen molar-refractivity contribution in [1.82, 2.24) is 4.90 Å². The van der Waals surface area contributed by atoms with E-state index in [1.165, 1.54) is 45.1 Å². The van der Waals surface area contributed by atoms with Crippen molar-refractivity contribution >= 4 is 0 Å². The third-order valence-corrected chi connectivity index (χ3v) is 5.04. The van der Waals surface area contributed by atoms with E-state index < -0.39 is 0 Å². The van der Waals surface area contributed by atoms with Crippen LogP contribution in [0.1, 0.15) is 58.8 Å². The number of nitrogens with zero attached hydrogens (tertiary/aromatic N) is 1. The minimum atomic E-state index is -0.0353. The fourth-order valence-corrected chi connectivity index (χ4v) is 3.64. The largest absolute Gasteiger partial charge is 0.393 e. The van der Waals surface area contributed by atoms with Crippen LogP contribution >= 0.6 is 0 Å². The topological polar surface area (TPSA) is 23.5 Å². The van der Waals surface area contributed by atoms with E-state index in [2.05, 4.69) is 18.7 Å². The summed E-state index contributed by atoms with van der Waals surface area (Å²) in [5.41, 5.74) is 0. The maximum Gasteiger partial charge on any atom is 0.0580 e. The van der Waals surface area contributed by atoms with Crippen molar-refractivity contribution in [3.05, 3.63) is 0 Å². The van der Waals surface area contributed by atoms with Gasteiger partial charge in [0.05, 0.1) is 6.10 Å². The summed E-state index contributed by atoms with van der Waals surface area (Å²) in [5.74, 6) is 1.40. The molecule has 0 aromatic rings. The lowest BCUT2D eigenvalue weighted by Crippen LogP contribution is -2.44. The van der Waals surface area contributed by atoms with Gasteiger partial charge >= 0.3 is 0 Å². The second kappa shape index (κ2) is 6.19. The van der Waals surface area contributed by atoms with Gasteiger partial charge in [0.1, 0.15) is 0 Å². The van der Waals surface area contributed by atoms with Gasteiger partial charge < -0.3 is 10.0 Å². The molecule has 1 aliphatic carbocycles. The Morgan fingerprint density at radius 3 is 2.71 bits per heavy atom. The third kappa shape index (κ3) is 3.45. The number of hydrogen-bond donors (Lipinski definition) is 1. The molecule has 2 rings (SSSR count). The van der Waals surface area contributed by atoms with Gasteiger partial charge in [-0.15, -0.1) is 0 Å². The van der Waals surface area contributed by atoms with Crippen LogP contribution in [0.4, 0.5) is 0 Å². The van der Waals surface area contributed by atoms with Crippen LogP contribution in [0.25, 0.3) is 0 Å². The molecule has 1 heterocycles. The number of rotatable bonds is 3. The molecule has 17 heavy (non-hydrogen) atoms. The van der Waals surface area contributed by atoms with Crippen molar-refractivity contribution < 1.29 is 5.11 Å². The molecule has 0 bridgehead atoms. The lowest BCUT2D eigenvalue weighted by atomic mass is 9.78. The van der Waals surface area contributed by atoms with Crippen LogP contribution in [0.3, 0.4) is 0 Å². The minimum Gasteiger partial charge on any atom is -0.393 e. The molecule has 1 aliphatic heterocycles. The predicted molar refractivity (Wildman–Crippen MR) is 72.0 cm³/mol. The Balaban J connectivity index is 1.87. The highest BCUT2D eigenvalue weighted by atomic mass is 16.3. The normalized spacial score (nSPS) is 40.4. The van der Waals surface area contributed by atoms with Crippen LogP contribution in [-0.4, -0.2) is 35.2 Å². The zero-order valence-electron chi connectivity index (χ0n) is 11.6. The molecule has 0 aromatic carbocycles. The molecule has 100 valence electrons. The Morgan fingerprint density at radius 1 is 1.18 bits per heavy atom. The maximum atomic E-state index is 10.2. The van der Waals surface area contributed by atoms with Crippen molar-refractivity contribution in [2.45, 2.75) is 70.9 Å². The molecular weight excluding hydrogens is 210 g/mol. The van der Waals surface area contributed by atoms with Crippen molar-refractivity contribution in [1.29, 1.82) is 0 Å². The van der Waals surface area contributed by atoms with E-state index in [9.17, 15) is 5.11 Å². The third-order valence-electron chi connectivity index (χ3n) is 5.04. The smallest absolute Gasteiger partial charge is 0.0580 e. The molecule has 4 unspecified atom stereocenters. The van der Waals surface area contributed by atoms with E-state index in [-0.39, 0.29) is 6.10 Å². The second-order valence-corrected chi connectivity index (χ2v) is 6.25. The van der Waals surface area contributed by atoms with Gasteiger partial charge in [-0.25, -0.2) is 0 Å². The number of aliphatic hydroxyl groups excluding tert-OH is 1. The van der Waals surface area contributed by atoms with Gasteiger partial charge in [-0.05, 0) is 57.4 Å². The second-order valence-electron chi connectivity index (χ2n) is 6.25. The molecule has 1 N–H and O–H groups in total. The predicted octanol–water partition coefficient (Wildman–Crippen LogP) is 3.05. The summed E-state index contributed by atoms with van der Waals surface area (Å²) in [5, 5.41) is 10.2. The van der Waals surface area contributed by atoms with Crippen LogP contribution in [0.2, 0.25) is 0 Å². The fraction of sp³-hybridized carbons (Fsp3) is 1.00. The van der Waals surface area contributed by atoms with Crippen LogP contribution in [0.5, 0.6) is 0 Å². The van der Waals surface area contributed by atoms with Crippen LogP contribution < -0.4 is 0 Å². The van der Waals surface area contributed by atoms with Crippen molar-refractivity contribution in [3.8, 4) is 0 Å². The minimum absolute atomic E-state index is 0.0353. The molecule has 1 saturated carbocycles. The Kier molecular flexibility index (Phi) is 4.87. The van der Waals surface area contributed by atoms with E-state index in [0.717, 1.165) is 24.9 Å². The van der Waals surface area contributed by atoms with E-state index in [0.29, 0.717) is 5.92 Å². The van der Waals surface area contributed by atoms with Gasteiger partial charge in [0.25, 0.3) is 0 Å². The lowest BCUT2D eigenvalue weighted by molar-refractivity contribution is 0.0137. The Morgan fingerprint density at radius 2 is 2.00 bits per heavy atom. The molecule has 2 fully saturated rings. The SMILES string of the molecule is CCC1CCC(O)C(CN2CCCCC2C)C1. The van der Waals surface area contributed by atoms with E-state index in [1.54, 1.807) is 0 Å². The Labute approximate surface area is 106 Å². The summed E-state index contributed by atoms with van der Waals surface area (Å²) in [7, 11) is 0. The van der Waals surface area contributed by atoms with E-state index in [4.69, 9.17) is 0 Å². The molecule has 2 heteroatoms. The highest BCUT2D eigenvalue weighted by molar-refractivity contribution is 4.84. The molecular formula is C15H29NO. The molecule has 0 amide bonds. The summed E-state index contributed by atoms with van der Waals surface area (Å²) in [6.45, 7) is 7.04. The highest BCUT2D eigenvalue weighted by Gasteiger charge is 2.31. The molecule has 2 aliphatic rings. The van der Waals surface area contributed by atoms with Gasteiger partial charge in [0.2, 0.25) is 0 Å². The number of piperidine rings is 1. The van der Waals surface area contributed by atoms with Gasteiger partial charge in [0, 0.05) is 12.6 Å². The fourth-order valence-electron chi connectivity index (χ4n) is 3.64. The van der Waals surface area contributed by atoms with Gasteiger partial charge in [-0.2, -0.15) is 0 Å². The number of aliphatic hydroxyl groups is 1. The first-order valence-corrected chi connectivity index (χ1v) is 7.62. The quantitative estimate of drug-likeness (QED) is 0.818. The molecule has 0 aromatic heterocycles. The Hall–Kier alpha value is -0.0800. The summed E-state index contributed by atoms with van der Waals surface area (Å²) >= 11 is 0. The Bertz CT molecular complexity index is 231. The number of likely N-dealkylation sites (tertiary alicyclic amines) is 1. The van der Waals surface area contributed by atoms with Crippen molar-refractivity contribution in [2.24, 2.45) is 11.8 Å². The summed E-state index contributed by atoms with van der Waals surface area (Å²) in [6, 6.07) is 0.734. The van der Waals surface area contributed by atoms with Gasteiger partial charge in [-0.3, -0.25) is 0 Å². The van der Waals surface area contributed by atoms with Crippen LogP contribution in [-0.2, 0) is 0 Å². The van der Waals surface area contributed by atoms with Crippen LogP contribution in [0.15, 0.2) is 0 Å². The molecule has 2 nitrogen and oxygen atoms in total. The van der Waals surface area contributed by atoms with E-state index >= 15 is 0 Å². The van der Waals surface area contributed by atoms with Crippen molar-refractivity contribution in [3.63, 3.8) is 0 Å². The average molecular weight is 239 g/mol. The zero-order chi connectivity index (χ0) is 12.3. The first-order chi connectivity index (χ1) is 8.20. The average Bonchev–Trinajstić information content (AvgIpc) is 2.35. The van der Waals surface area contributed by atoms with Gasteiger partial charge in [0.15, 0.2) is 0 Å². The molecule has 1 saturated heterocycles. The van der Waals surface area contributed by atoms with E-state index in [1.807, 2.05) is 0 Å². The standard InChI is InChI=1S/C15H29NO/c1-3-13-7-8-15(17)14(10-13)11-16-9-5-4-6-12(16)2/h12-15,17H,3-11H2,1-2H3. The van der Waals surface area contributed by atoms with Gasteiger partial charge in [-0.1, -0.05) is 19.8 Å². The lowest BCUT2D eigenvalue weighted by Gasteiger charge is -2.40. The molecule has 0 radical (unpaired) electrons. The van der Waals surface area contributed by atoms with Crippen LogP contribution in [0, 0.1) is 11.8 Å². The monoisotopic (exact) mass is 239 g/mol. The number of hydrogen-bond acceptors (Lipinski definition) is 2. The molecule has 0 spiro atoms. The van der Waals surface area contributed by atoms with Crippen molar-refractivity contribution in [2.75, 3.05) is 13.1 Å². The molecule has 4 atom stereocenters. The summed E-state index contributed by atoms with van der Waals surface area (Å²) in [4.78, 5) is 2.62.